The van der Waals surface area contributed by atoms with E-state index in [9.17, 15) is 4.79 Å². The second-order valence-electron chi connectivity index (χ2n) is 7.57. The largest absolute Gasteiger partial charge is 0.375 e. The lowest BCUT2D eigenvalue weighted by Gasteiger charge is -2.41. The quantitative estimate of drug-likeness (QED) is 0.865. The molecular formula is C20H28N4O2. The van der Waals surface area contributed by atoms with Crippen molar-refractivity contribution in [2.75, 3.05) is 18.5 Å². The van der Waals surface area contributed by atoms with E-state index in [2.05, 4.69) is 41.3 Å². The van der Waals surface area contributed by atoms with Crippen LogP contribution in [0.1, 0.15) is 32.3 Å². The second kappa shape index (κ2) is 8.01. The molecule has 0 saturated carbocycles. The zero-order valence-electron chi connectivity index (χ0n) is 15.8. The van der Waals surface area contributed by atoms with Crippen LogP contribution in [0.3, 0.4) is 0 Å². The highest BCUT2D eigenvalue weighted by Crippen LogP contribution is 2.28. The summed E-state index contributed by atoms with van der Waals surface area (Å²) >= 11 is 0. The highest BCUT2D eigenvalue weighted by Gasteiger charge is 2.33. The molecule has 26 heavy (non-hydrogen) atoms. The fourth-order valence-electron chi connectivity index (χ4n) is 3.49. The molecule has 3 rings (SSSR count). The van der Waals surface area contributed by atoms with E-state index in [1.807, 2.05) is 31.4 Å². The Kier molecular flexibility index (Phi) is 5.74. The minimum absolute atomic E-state index is 0.0380. The first kappa shape index (κ1) is 18.6. The van der Waals surface area contributed by atoms with Gasteiger partial charge in [-0.1, -0.05) is 30.3 Å². The molecule has 1 unspecified atom stereocenters. The van der Waals surface area contributed by atoms with E-state index in [4.69, 9.17) is 4.74 Å². The number of anilines is 1. The van der Waals surface area contributed by atoms with Crippen molar-refractivity contribution in [3.05, 3.63) is 48.2 Å². The summed E-state index contributed by atoms with van der Waals surface area (Å²) in [7, 11) is 1.83. The molecule has 0 spiro atoms. The average molecular weight is 356 g/mol. The third-order valence-corrected chi connectivity index (χ3v) is 4.74. The molecule has 2 heterocycles. The van der Waals surface area contributed by atoms with Crippen LogP contribution >= 0.6 is 0 Å². The monoisotopic (exact) mass is 356 g/mol. The normalized spacial score (nSPS) is 19.5. The van der Waals surface area contributed by atoms with Crippen molar-refractivity contribution in [3.8, 4) is 0 Å². The van der Waals surface area contributed by atoms with Gasteiger partial charge in [0.2, 0.25) is 5.91 Å². The van der Waals surface area contributed by atoms with Gasteiger partial charge in [0.05, 0.1) is 12.1 Å². The highest BCUT2D eigenvalue weighted by molar-refractivity contribution is 5.91. The Morgan fingerprint density at radius 2 is 2.12 bits per heavy atom. The first-order valence-electron chi connectivity index (χ1n) is 9.13. The van der Waals surface area contributed by atoms with E-state index >= 15 is 0 Å². The zero-order valence-corrected chi connectivity index (χ0v) is 15.8. The number of rotatable bonds is 6. The summed E-state index contributed by atoms with van der Waals surface area (Å²) in [5.41, 5.74) is 1.05. The Labute approximate surface area is 155 Å². The minimum Gasteiger partial charge on any atom is -0.375 e. The molecule has 2 aromatic rings. The zero-order chi connectivity index (χ0) is 18.6. The molecule has 0 bridgehead atoms. The third-order valence-electron chi connectivity index (χ3n) is 4.74. The van der Waals surface area contributed by atoms with Gasteiger partial charge in [-0.2, -0.15) is 5.10 Å². The molecule has 1 amide bonds. The standard InChI is InChI=1S/C20H28N4O2/c1-20(2)13-17(10-12-26-20)24(14-16-7-5-4-6-8-16)15-19(25)21-18-9-11-23(3)22-18/h4-9,11,17H,10,12-15H2,1-3H3,(H,21,22,25). The molecule has 1 saturated heterocycles. The number of ether oxygens (including phenoxy) is 1. The number of aromatic nitrogens is 2. The maximum Gasteiger partial charge on any atom is 0.239 e. The van der Waals surface area contributed by atoms with E-state index in [1.54, 1.807) is 10.7 Å². The van der Waals surface area contributed by atoms with Crippen molar-refractivity contribution in [1.29, 1.82) is 0 Å². The van der Waals surface area contributed by atoms with Crippen molar-refractivity contribution in [2.45, 2.75) is 44.9 Å². The van der Waals surface area contributed by atoms with Crippen LogP contribution < -0.4 is 5.32 Å². The fraction of sp³-hybridized carbons (Fsp3) is 0.500. The molecule has 1 aliphatic heterocycles. The van der Waals surface area contributed by atoms with Crippen molar-refractivity contribution < 1.29 is 9.53 Å². The molecular weight excluding hydrogens is 328 g/mol. The van der Waals surface area contributed by atoms with E-state index in [0.717, 1.165) is 26.0 Å². The number of amides is 1. The highest BCUT2D eigenvalue weighted by atomic mass is 16.5. The second-order valence-corrected chi connectivity index (χ2v) is 7.57. The number of hydrogen-bond donors (Lipinski definition) is 1. The summed E-state index contributed by atoms with van der Waals surface area (Å²) in [6, 6.07) is 12.4. The predicted molar refractivity (Wildman–Crippen MR) is 102 cm³/mol. The SMILES string of the molecule is Cn1ccc(NC(=O)CN(Cc2ccccc2)C2CCOC(C)(C)C2)n1. The smallest absolute Gasteiger partial charge is 0.239 e. The summed E-state index contributed by atoms with van der Waals surface area (Å²) in [6.45, 7) is 6.05. The molecule has 1 aromatic heterocycles. The van der Waals surface area contributed by atoms with Crippen LogP contribution in [0.5, 0.6) is 0 Å². The molecule has 1 fully saturated rings. The molecule has 1 aliphatic rings. The van der Waals surface area contributed by atoms with Gasteiger partial charge in [0.1, 0.15) is 0 Å². The lowest BCUT2D eigenvalue weighted by Crippen LogP contribution is -2.48. The molecule has 1 atom stereocenters. The Morgan fingerprint density at radius 1 is 1.35 bits per heavy atom. The Hall–Kier alpha value is -2.18. The first-order chi connectivity index (χ1) is 12.4. The fourth-order valence-corrected chi connectivity index (χ4v) is 3.49. The molecule has 0 radical (unpaired) electrons. The van der Waals surface area contributed by atoms with Crippen LogP contribution in [0.4, 0.5) is 5.82 Å². The number of nitrogens with one attached hydrogen (secondary N) is 1. The number of aryl methyl sites for hydroxylation is 1. The van der Waals surface area contributed by atoms with Crippen molar-refractivity contribution in [3.63, 3.8) is 0 Å². The Balaban J connectivity index is 1.70. The average Bonchev–Trinajstić information content (AvgIpc) is 2.99. The van der Waals surface area contributed by atoms with Crippen LogP contribution in [0.15, 0.2) is 42.6 Å². The van der Waals surface area contributed by atoms with Crippen LogP contribution in [-0.2, 0) is 23.1 Å². The topological polar surface area (TPSA) is 59.4 Å². The number of hydrogen-bond acceptors (Lipinski definition) is 4. The lowest BCUT2D eigenvalue weighted by atomic mass is 9.92. The van der Waals surface area contributed by atoms with E-state index < -0.39 is 0 Å². The van der Waals surface area contributed by atoms with Gasteiger partial charge in [-0.25, -0.2) is 0 Å². The summed E-state index contributed by atoms with van der Waals surface area (Å²) in [5.74, 6) is 0.549. The maximum atomic E-state index is 12.6. The summed E-state index contributed by atoms with van der Waals surface area (Å²) in [4.78, 5) is 14.9. The summed E-state index contributed by atoms with van der Waals surface area (Å²) in [5, 5.41) is 7.12. The van der Waals surface area contributed by atoms with Crippen molar-refractivity contribution in [2.24, 2.45) is 7.05 Å². The number of carbonyl (C=O) groups excluding carboxylic acids is 1. The predicted octanol–water partition coefficient (Wildman–Crippen LogP) is 2.82. The first-order valence-corrected chi connectivity index (χ1v) is 9.13. The molecule has 140 valence electrons. The van der Waals surface area contributed by atoms with Gasteiger partial charge in [0, 0.05) is 38.5 Å². The summed E-state index contributed by atoms with van der Waals surface area (Å²) in [6.07, 6.45) is 3.67. The molecule has 1 aromatic carbocycles. The van der Waals surface area contributed by atoms with Crippen LogP contribution in [-0.4, -0.2) is 45.4 Å². The number of benzene rings is 1. The van der Waals surface area contributed by atoms with Gasteiger partial charge in [-0.3, -0.25) is 14.4 Å². The van der Waals surface area contributed by atoms with Gasteiger partial charge in [0.25, 0.3) is 0 Å². The maximum absolute atomic E-state index is 12.6. The van der Waals surface area contributed by atoms with Gasteiger partial charge in [-0.15, -0.1) is 0 Å². The Bertz CT molecular complexity index is 726. The van der Waals surface area contributed by atoms with Gasteiger partial charge >= 0.3 is 0 Å². The Morgan fingerprint density at radius 3 is 2.77 bits per heavy atom. The van der Waals surface area contributed by atoms with Crippen LogP contribution in [0.25, 0.3) is 0 Å². The van der Waals surface area contributed by atoms with E-state index in [0.29, 0.717) is 18.4 Å². The van der Waals surface area contributed by atoms with Gasteiger partial charge in [0.15, 0.2) is 5.82 Å². The minimum atomic E-state index is -0.157. The van der Waals surface area contributed by atoms with Gasteiger partial charge in [-0.05, 0) is 32.3 Å². The van der Waals surface area contributed by atoms with E-state index in [-0.39, 0.29) is 11.5 Å². The van der Waals surface area contributed by atoms with E-state index in [1.165, 1.54) is 5.56 Å². The third kappa shape index (κ3) is 5.16. The van der Waals surface area contributed by atoms with Crippen LogP contribution in [0.2, 0.25) is 0 Å². The number of nitrogens with zero attached hydrogens (tertiary/aromatic N) is 3. The molecule has 6 heteroatoms. The molecule has 1 N–H and O–H groups in total. The lowest BCUT2D eigenvalue weighted by molar-refractivity contribution is -0.121. The number of carbonyl (C=O) groups is 1. The summed E-state index contributed by atoms with van der Waals surface area (Å²) < 4.78 is 7.54. The molecule has 6 nitrogen and oxygen atoms in total. The van der Waals surface area contributed by atoms with Crippen molar-refractivity contribution >= 4 is 11.7 Å². The van der Waals surface area contributed by atoms with Crippen LogP contribution in [0, 0.1) is 0 Å². The molecule has 0 aliphatic carbocycles. The van der Waals surface area contributed by atoms with Gasteiger partial charge < -0.3 is 10.1 Å². The van der Waals surface area contributed by atoms with Crippen molar-refractivity contribution in [1.82, 2.24) is 14.7 Å².